The highest BCUT2D eigenvalue weighted by atomic mass is 16.3. The van der Waals surface area contributed by atoms with Crippen LogP contribution in [0.15, 0.2) is 60.0 Å². The number of carbonyl (C=O) groups is 1. The highest BCUT2D eigenvalue weighted by molar-refractivity contribution is 5.90. The number of hydrogen-bond donors (Lipinski definition) is 1. The topological polar surface area (TPSA) is 65.8 Å². The van der Waals surface area contributed by atoms with Crippen molar-refractivity contribution in [2.45, 2.75) is 38.3 Å². The third-order valence-corrected chi connectivity index (χ3v) is 4.28. The first-order valence-corrected chi connectivity index (χ1v) is 8.19. The average molecular weight is 323 g/mol. The molecule has 0 unspecified atom stereocenters. The second kappa shape index (κ2) is 6.93. The Morgan fingerprint density at radius 1 is 1.25 bits per heavy atom. The Morgan fingerprint density at radius 3 is 2.71 bits per heavy atom. The number of rotatable bonds is 5. The molecule has 0 saturated carbocycles. The van der Waals surface area contributed by atoms with Gasteiger partial charge in [0, 0.05) is 36.5 Å². The van der Waals surface area contributed by atoms with Gasteiger partial charge in [0.2, 0.25) is 5.91 Å². The first-order valence-electron chi connectivity index (χ1n) is 8.19. The van der Waals surface area contributed by atoms with Gasteiger partial charge in [0.25, 0.3) is 0 Å². The van der Waals surface area contributed by atoms with Crippen molar-refractivity contribution in [1.29, 1.82) is 0 Å². The molecule has 124 valence electrons. The zero-order valence-electron chi connectivity index (χ0n) is 13.7. The molecule has 5 heteroatoms. The summed E-state index contributed by atoms with van der Waals surface area (Å²) in [4.78, 5) is 16.8. The van der Waals surface area contributed by atoms with Crippen molar-refractivity contribution >= 4 is 11.6 Å². The van der Waals surface area contributed by atoms with Gasteiger partial charge < -0.3 is 5.11 Å². The number of aliphatic hydroxyl groups is 1. The Hall–Kier alpha value is -2.53. The molecule has 1 atom stereocenters. The minimum absolute atomic E-state index is 0.186. The zero-order valence-corrected chi connectivity index (χ0v) is 13.7. The van der Waals surface area contributed by atoms with E-state index in [1.165, 1.54) is 5.01 Å². The van der Waals surface area contributed by atoms with Crippen molar-refractivity contribution in [3.8, 4) is 0 Å². The van der Waals surface area contributed by atoms with Crippen molar-refractivity contribution in [1.82, 2.24) is 9.99 Å². The van der Waals surface area contributed by atoms with Gasteiger partial charge in [0.1, 0.15) is 0 Å². The first-order chi connectivity index (χ1) is 11.6. The molecule has 2 heterocycles. The van der Waals surface area contributed by atoms with Crippen molar-refractivity contribution in [3.63, 3.8) is 0 Å². The van der Waals surface area contributed by atoms with Crippen molar-refractivity contribution in [2.75, 3.05) is 0 Å². The predicted molar refractivity (Wildman–Crippen MR) is 92.1 cm³/mol. The third-order valence-electron chi connectivity index (χ3n) is 4.28. The molecule has 1 aromatic carbocycles. The molecule has 5 nitrogen and oxygen atoms in total. The molecule has 0 spiro atoms. The van der Waals surface area contributed by atoms with Crippen LogP contribution in [-0.2, 0) is 16.9 Å². The van der Waals surface area contributed by atoms with Crippen LogP contribution >= 0.6 is 0 Å². The molecule has 0 bridgehead atoms. The van der Waals surface area contributed by atoms with Crippen LogP contribution in [0.2, 0.25) is 0 Å². The fraction of sp³-hybridized carbons (Fsp3) is 0.316. The van der Waals surface area contributed by atoms with E-state index in [2.05, 4.69) is 10.1 Å². The van der Waals surface area contributed by atoms with Gasteiger partial charge in [-0.25, -0.2) is 0 Å². The van der Waals surface area contributed by atoms with Gasteiger partial charge in [0.15, 0.2) is 5.72 Å². The smallest absolute Gasteiger partial charge is 0.245 e. The van der Waals surface area contributed by atoms with E-state index < -0.39 is 5.72 Å². The van der Waals surface area contributed by atoms with E-state index in [1.807, 2.05) is 37.3 Å². The normalized spacial score (nSPS) is 20.1. The van der Waals surface area contributed by atoms with Gasteiger partial charge in [-0.3, -0.25) is 9.78 Å². The van der Waals surface area contributed by atoms with Crippen LogP contribution in [0.5, 0.6) is 0 Å². The number of pyridine rings is 1. The van der Waals surface area contributed by atoms with Gasteiger partial charge in [-0.2, -0.15) is 10.1 Å². The molecule has 1 aliphatic rings. The molecule has 3 rings (SSSR count). The maximum Gasteiger partial charge on any atom is 0.245 e. The first kappa shape index (κ1) is 16.3. The maximum absolute atomic E-state index is 12.7. The fourth-order valence-electron chi connectivity index (χ4n) is 2.90. The lowest BCUT2D eigenvalue weighted by atomic mass is 9.97. The lowest BCUT2D eigenvalue weighted by molar-refractivity contribution is -0.157. The van der Waals surface area contributed by atoms with Gasteiger partial charge in [-0.15, -0.1) is 0 Å². The van der Waals surface area contributed by atoms with Gasteiger partial charge in [0.05, 0.1) is 0 Å². The molecule has 24 heavy (non-hydrogen) atoms. The molecule has 1 aliphatic heterocycles. The van der Waals surface area contributed by atoms with Crippen LogP contribution in [0, 0.1) is 0 Å². The summed E-state index contributed by atoms with van der Waals surface area (Å²) in [6.07, 6.45) is 5.18. The Labute approximate surface area is 141 Å². The molecule has 1 amide bonds. The van der Waals surface area contributed by atoms with Crippen LogP contribution in [0.4, 0.5) is 0 Å². The largest absolute Gasteiger partial charge is 0.365 e. The standard InChI is InChI=1S/C19H21N3O2/c1-2-17-13-19(24,16-9-6-12-20-14-16)22(21-17)18(23)11-10-15-7-4-3-5-8-15/h3-9,12,14,24H,2,10-11,13H2,1H3/t19-/m0/s1. The van der Waals surface area contributed by atoms with Crippen LogP contribution in [0.3, 0.4) is 0 Å². The number of amides is 1. The molecule has 0 radical (unpaired) electrons. The SMILES string of the molecule is CCC1=NN(C(=O)CCc2ccccc2)[C@@](O)(c2cccnc2)C1. The van der Waals surface area contributed by atoms with Gasteiger partial charge in [-0.1, -0.05) is 43.3 Å². The zero-order chi connectivity index (χ0) is 17.0. The number of nitrogens with zero attached hydrogens (tertiary/aromatic N) is 3. The van der Waals surface area contributed by atoms with E-state index in [0.717, 1.165) is 11.3 Å². The molecule has 0 saturated heterocycles. The molecular weight excluding hydrogens is 302 g/mol. The van der Waals surface area contributed by atoms with E-state index in [1.54, 1.807) is 24.5 Å². The minimum atomic E-state index is -1.44. The second-order valence-electron chi connectivity index (χ2n) is 5.95. The number of benzene rings is 1. The van der Waals surface area contributed by atoms with E-state index in [4.69, 9.17) is 0 Å². The number of hydrogen-bond acceptors (Lipinski definition) is 4. The summed E-state index contributed by atoms with van der Waals surface area (Å²) in [5.41, 5.74) is 1.06. The highest BCUT2D eigenvalue weighted by Gasteiger charge is 2.45. The minimum Gasteiger partial charge on any atom is -0.365 e. The van der Waals surface area contributed by atoms with E-state index in [9.17, 15) is 9.90 Å². The Morgan fingerprint density at radius 2 is 2.04 bits per heavy atom. The molecular formula is C19H21N3O2. The van der Waals surface area contributed by atoms with Crippen LogP contribution in [0.1, 0.15) is 37.3 Å². The average Bonchev–Trinajstić information content (AvgIpc) is 2.99. The summed E-state index contributed by atoms with van der Waals surface area (Å²) < 4.78 is 0. The van der Waals surface area contributed by atoms with Crippen LogP contribution < -0.4 is 0 Å². The molecule has 2 aromatic rings. The van der Waals surface area contributed by atoms with Crippen molar-refractivity contribution < 1.29 is 9.90 Å². The number of aryl methyl sites for hydroxylation is 1. The number of aromatic nitrogens is 1. The number of carbonyl (C=O) groups excluding carboxylic acids is 1. The fourth-order valence-corrected chi connectivity index (χ4v) is 2.90. The lowest BCUT2D eigenvalue weighted by Crippen LogP contribution is -2.43. The van der Waals surface area contributed by atoms with Gasteiger partial charge >= 0.3 is 0 Å². The summed E-state index contributed by atoms with van der Waals surface area (Å²) in [7, 11) is 0. The summed E-state index contributed by atoms with van der Waals surface area (Å²) >= 11 is 0. The Balaban J connectivity index is 1.80. The molecule has 1 aromatic heterocycles. The Bertz CT molecular complexity index is 731. The summed E-state index contributed by atoms with van der Waals surface area (Å²) in [5.74, 6) is -0.186. The molecule has 0 aliphatic carbocycles. The monoisotopic (exact) mass is 323 g/mol. The summed E-state index contributed by atoms with van der Waals surface area (Å²) in [6, 6.07) is 13.4. The van der Waals surface area contributed by atoms with Crippen LogP contribution in [-0.4, -0.2) is 26.7 Å². The third kappa shape index (κ3) is 3.21. The van der Waals surface area contributed by atoms with Crippen molar-refractivity contribution in [2.24, 2.45) is 5.10 Å². The van der Waals surface area contributed by atoms with Crippen LogP contribution in [0.25, 0.3) is 0 Å². The van der Waals surface area contributed by atoms with E-state index >= 15 is 0 Å². The number of hydrazone groups is 1. The summed E-state index contributed by atoms with van der Waals surface area (Å²) in [5, 5.41) is 16.8. The summed E-state index contributed by atoms with van der Waals surface area (Å²) in [6.45, 7) is 1.97. The lowest BCUT2D eigenvalue weighted by Gasteiger charge is -2.31. The van der Waals surface area contributed by atoms with Gasteiger partial charge in [-0.05, 0) is 24.5 Å². The predicted octanol–water partition coefficient (Wildman–Crippen LogP) is 2.86. The Kier molecular flexibility index (Phi) is 4.71. The highest BCUT2D eigenvalue weighted by Crippen LogP contribution is 2.36. The van der Waals surface area contributed by atoms with E-state index in [-0.39, 0.29) is 5.91 Å². The van der Waals surface area contributed by atoms with E-state index in [0.29, 0.717) is 31.2 Å². The second-order valence-corrected chi connectivity index (χ2v) is 5.95. The maximum atomic E-state index is 12.7. The quantitative estimate of drug-likeness (QED) is 0.920. The molecule has 1 N–H and O–H groups in total. The molecule has 0 fully saturated rings. The van der Waals surface area contributed by atoms with Crippen molar-refractivity contribution in [3.05, 3.63) is 66.0 Å².